The van der Waals surface area contributed by atoms with Crippen LogP contribution in [0.4, 0.5) is 0 Å². The van der Waals surface area contributed by atoms with Gasteiger partial charge in [0.2, 0.25) is 0 Å². The van der Waals surface area contributed by atoms with Gasteiger partial charge in [-0.15, -0.1) is 0 Å². The predicted molar refractivity (Wildman–Crippen MR) is 97.6 cm³/mol. The molecule has 0 atom stereocenters. The number of carbonyl (C=O) groups excluding carboxylic acids is 1. The Morgan fingerprint density at radius 2 is 1.72 bits per heavy atom. The van der Waals surface area contributed by atoms with Crippen LogP contribution in [-0.2, 0) is 29.5 Å². The third-order valence-corrected chi connectivity index (χ3v) is 5.09. The molecule has 0 fully saturated rings. The van der Waals surface area contributed by atoms with Crippen molar-refractivity contribution < 1.29 is 22.4 Å². The van der Waals surface area contributed by atoms with Gasteiger partial charge in [0.05, 0.1) is 4.90 Å². The fourth-order valence-corrected chi connectivity index (χ4v) is 3.34. The molecule has 0 saturated carbocycles. The van der Waals surface area contributed by atoms with E-state index in [1.807, 2.05) is 27.7 Å². The van der Waals surface area contributed by atoms with Crippen LogP contribution >= 0.6 is 0 Å². The topological polar surface area (TPSA) is 69.7 Å². The second-order valence-electron chi connectivity index (χ2n) is 7.37. The summed E-state index contributed by atoms with van der Waals surface area (Å²) in [5.74, 6) is -0.664. The smallest absolute Gasteiger partial charge is 0.281 e. The molecule has 1 rings (SSSR count). The van der Waals surface area contributed by atoms with Gasteiger partial charge in [0, 0.05) is 6.42 Å². The molecule has 0 radical (unpaired) electrons. The molecule has 0 N–H and O–H groups in total. The maximum Gasteiger partial charge on any atom is 0.343 e. The molecule has 0 bridgehead atoms. The monoisotopic (exact) mass is 370 g/mol. The Bertz CT molecular complexity index is 672. The van der Waals surface area contributed by atoms with Gasteiger partial charge >= 0.3 is 16.1 Å². The van der Waals surface area contributed by atoms with E-state index >= 15 is 0 Å². The summed E-state index contributed by atoms with van der Waals surface area (Å²) >= 11 is 0. The predicted octanol–water partition coefficient (Wildman–Crippen LogP) is 4.82. The Hall–Kier alpha value is -1.40. The summed E-state index contributed by atoms with van der Waals surface area (Å²) in [6.45, 7) is 10.1. The molecule has 0 spiro atoms. The zero-order chi connectivity index (χ0) is 19.1. The summed E-state index contributed by atoms with van der Waals surface area (Å²) in [6.07, 6.45) is 5.05. The van der Waals surface area contributed by atoms with Crippen molar-refractivity contribution in [3.63, 3.8) is 0 Å². The Kier molecular flexibility index (Phi) is 8.09. The third kappa shape index (κ3) is 7.16. The van der Waals surface area contributed by atoms with Crippen LogP contribution in [0, 0.1) is 6.92 Å². The molecule has 1 aromatic rings. The summed E-state index contributed by atoms with van der Waals surface area (Å²) in [5.41, 5.74) is 1.69. The van der Waals surface area contributed by atoms with Gasteiger partial charge in [-0.1, -0.05) is 59.4 Å². The van der Waals surface area contributed by atoms with E-state index < -0.39 is 16.1 Å². The molecule has 25 heavy (non-hydrogen) atoms. The van der Waals surface area contributed by atoms with Crippen LogP contribution in [-0.4, -0.2) is 14.4 Å². The van der Waals surface area contributed by atoms with Crippen LogP contribution in [0.1, 0.15) is 77.3 Å². The van der Waals surface area contributed by atoms with Gasteiger partial charge in [-0.25, -0.2) is 4.79 Å². The lowest BCUT2D eigenvalue weighted by atomic mass is 9.84. The molecule has 0 aromatic heterocycles. The van der Waals surface area contributed by atoms with Crippen LogP contribution < -0.4 is 0 Å². The van der Waals surface area contributed by atoms with Crippen molar-refractivity contribution in [2.24, 2.45) is 0 Å². The van der Waals surface area contributed by atoms with Crippen LogP contribution in [0.15, 0.2) is 23.1 Å². The summed E-state index contributed by atoms with van der Waals surface area (Å²) in [7, 11) is -4.14. The maximum absolute atomic E-state index is 12.2. The Balaban J connectivity index is 2.66. The van der Waals surface area contributed by atoms with E-state index in [4.69, 9.17) is 0 Å². The maximum atomic E-state index is 12.2. The molecule has 0 unspecified atom stereocenters. The van der Waals surface area contributed by atoms with E-state index in [0.29, 0.717) is 6.42 Å². The lowest BCUT2D eigenvalue weighted by Crippen LogP contribution is -2.16. The van der Waals surface area contributed by atoms with Gasteiger partial charge in [0.15, 0.2) is 0 Å². The second kappa shape index (κ2) is 9.34. The molecule has 0 amide bonds. The van der Waals surface area contributed by atoms with E-state index in [9.17, 15) is 13.2 Å². The van der Waals surface area contributed by atoms with Crippen molar-refractivity contribution in [3.8, 4) is 0 Å². The number of benzene rings is 1. The molecule has 0 aliphatic carbocycles. The zero-order valence-corrected chi connectivity index (χ0v) is 16.7. The fraction of sp³-hybridized carbons (Fsp3) is 0.632. The first-order chi connectivity index (χ1) is 11.6. The van der Waals surface area contributed by atoms with Crippen molar-refractivity contribution in [1.82, 2.24) is 0 Å². The first-order valence-electron chi connectivity index (χ1n) is 8.83. The molecule has 1 aromatic carbocycles. The van der Waals surface area contributed by atoms with Crippen molar-refractivity contribution in [1.29, 1.82) is 0 Å². The highest BCUT2D eigenvalue weighted by atomic mass is 32.2. The molecular weight excluding hydrogens is 340 g/mol. The molecule has 0 heterocycles. The molecule has 142 valence electrons. The molecular formula is C19H30O5S. The van der Waals surface area contributed by atoms with Gasteiger partial charge in [-0.3, -0.25) is 4.89 Å². The Morgan fingerprint density at radius 1 is 1.08 bits per heavy atom. The average Bonchev–Trinajstić information content (AvgIpc) is 2.52. The number of rotatable bonds is 9. The first kappa shape index (κ1) is 21.6. The van der Waals surface area contributed by atoms with E-state index in [1.165, 1.54) is 6.07 Å². The largest absolute Gasteiger partial charge is 0.343 e. The number of unbranched alkanes of at least 4 members (excludes halogenated alkanes) is 4. The van der Waals surface area contributed by atoms with Crippen molar-refractivity contribution in [2.45, 2.75) is 83.5 Å². The molecule has 5 nitrogen and oxygen atoms in total. The highest BCUT2D eigenvalue weighted by Gasteiger charge is 2.23. The highest BCUT2D eigenvalue weighted by Crippen LogP contribution is 2.28. The van der Waals surface area contributed by atoms with Crippen LogP contribution in [0.2, 0.25) is 0 Å². The quantitative estimate of drug-likeness (QED) is 0.354. The van der Waals surface area contributed by atoms with Gasteiger partial charge < -0.3 is 0 Å². The highest BCUT2D eigenvalue weighted by molar-refractivity contribution is 7.86. The van der Waals surface area contributed by atoms with Crippen LogP contribution in [0.25, 0.3) is 0 Å². The van der Waals surface area contributed by atoms with E-state index in [-0.39, 0.29) is 16.7 Å². The van der Waals surface area contributed by atoms with Crippen molar-refractivity contribution in [3.05, 3.63) is 29.3 Å². The Morgan fingerprint density at radius 3 is 2.32 bits per heavy atom. The number of aryl methyl sites for hydroxylation is 1. The summed E-state index contributed by atoms with van der Waals surface area (Å²) in [5, 5.41) is 0. The molecule has 0 aliphatic heterocycles. The standard InChI is InChI=1S/C19H30O5S/c1-6-7-8-9-10-11-18(20)23-24-25(21,22)16-13-12-15(2)17(14-16)19(3,4)5/h12-14H,6-11H2,1-5H3. The van der Waals surface area contributed by atoms with Gasteiger partial charge in [0.1, 0.15) is 0 Å². The average molecular weight is 371 g/mol. The molecule has 0 saturated heterocycles. The minimum Gasteiger partial charge on any atom is -0.281 e. The number of hydrogen-bond acceptors (Lipinski definition) is 5. The van der Waals surface area contributed by atoms with E-state index in [2.05, 4.69) is 16.1 Å². The lowest BCUT2D eigenvalue weighted by Gasteiger charge is -2.22. The molecule has 6 heteroatoms. The molecule has 0 aliphatic rings. The van der Waals surface area contributed by atoms with Crippen LogP contribution in [0.3, 0.4) is 0 Å². The second-order valence-corrected chi connectivity index (χ2v) is 8.88. The Labute approximate surface area is 151 Å². The van der Waals surface area contributed by atoms with Crippen LogP contribution in [0.5, 0.6) is 0 Å². The summed E-state index contributed by atoms with van der Waals surface area (Å²) in [4.78, 5) is 16.1. The van der Waals surface area contributed by atoms with E-state index in [0.717, 1.165) is 36.8 Å². The SMILES string of the molecule is CCCCCCCC(=O)OOS(=O)(=O)c1ccc(C)c(C(C)(C)C)c1. The fourth-order valence-electron chi connectivity index (χ4n) is 2.60. The van der Waals surface area contributed by atoms with Crippen molar-refractivity contribution >= 4 is 16.1 Å². The van der Waals surface area contributed by atoms with Gasteiger partial charge in [-0.05, 0) is 46.4 Å². The zero-order valence-electron chi connectivity index (χ0n) is 15.9. The minimum absolute atomic E-state index is 0.0150. The lowest BCUT2D eigenvalue weighted by molar-refractivity contribution is -0.211. The summed E-state index contributed by atoms with van der Waals surface area (Å²) in [6, 6.07) is 4.76. The van der Waals surface area contributed by atoms with Crippen molar-refractivity contribution in [2.75, 3.05) is 0 Å². The number of carbonyl (C=O) groups is 1. The number of hydrogen-bond donors (Lipinski definition) is 0. The normalized spacial score (nSPS) is 12.2. The van der Waals surface area contributed by atoms with Gasteiger partial charge in [0.25, 0.3) is 0 Å². The summed E-state index contributed by atoms with van der Waals surface area (Å²) < 4.78 is 29.0. The first-order valence-corrected chi connectivity index (χ1v) is 10.2. The minimum atomic E-state index is -4.14. The van der Waals surface area contributed by atoms with E-state index in [1.54, 1.807) is 12.1 Å². The van der Waals surface area contributed by atoms with Gasteiger partial charge in [-0.2, -0.15) is 8.42 Å². The third-order valence-electron chi connectivity index (χ3n) is 4.01.